The third-order valence-corrected chi connectivity index (χ3v) is 4.91. The minimum atomic E-state index is -0.651. The molecule has 3 atom stereocenters. The SMILES string of the molecule is O=C(O)C1CCC(N2CC3CNCCN3C2=S)C1. The molecule has 100 valence electrons. The van der Waals surface area contributed by atoms with Crippen LogP contribution in [0.4, 0.5) is 0 Å². The van der Waals surface area contributed by atoms with Gasteiger partial charge in [0, 0.05) is 32.2 Å². The Balaban J connectivity index is 1.67. The Morgan fingerprint density at radius 1 is 1.33 bits per heavy atom. The van der Waals surface area contributed by atoms with Crippen molar-refractivity contribution in [2.24, 2.45) is 5.92 Å². The zero-order valence-electron chi connectivity index (χ0n) is 10.3. The predicted octanol–water partition coefficient (Wildman–Crippen LogP) is 0.114. The average molecular weight is 269 g/mol. The van der Waals surface area contributed by atoms with Crippen molar-refractivity contribution in [3.05, 3.63) is 0 Å². The molecule has 2 saturated heterocycles. The summed E-state index contributed by atoms with van der Waals surface area (Å²) in [6, 6.07) is 0.819. The van der Waals surface area contributed by atoms with Crippen LogP contribution in [0, 0.1) is 5.92 Å². The van der Waals surface area contributed by atoms with E-state index in [1.807, 2.05) is 0 Å². The second kappa shape index (κ2) is 4.66. The molecule has 3 fully saturated rings. The molecular formula is C12H19N3O2S. The van der Waals surface area contributed by atoms with Gasteiger partial charge in [-0.15, -0.1) is 0 Å². The number of nitrogens with one attached hydrogen (secondary N) is 1. The van der Waals surface area contributed by atoms with E-state index < -0.39 is 5.97 Å². The Morgan fingerprint density at radius 2 is 2.17 bits per heavy atom. The normalized spacial score (nSPS) is 36.0. The molecule has 3 unspecified atom stereocenters. The van der Waals surface area contributed by atoms with Crippen molar-refractivity contribution in [1.29, 1.82) is 0 Å². The zero-order chi connectivity index (χ0) is 12.7. The van der Waals surface area contributed by atoms with Crippen molar-refractivity contribution in [1.82, 2.24) is 15.1 Å². The molecule has 0 aromatic heterocycles. The van der Waals surface area contributed by atoms with Crippen LogP contribution in [-0.4, -0.2) is 64.3 Å². The van der Waals surface area contributed by atoms with E-state index in [0.29, 0.717) is 12.1 Å². The molecule has 5 nitrogen and oxygen atoms in total. The minimum Gasteiger partial charge on any atom is -0.481 e. The monoisotopic (exact) mass is 269 g/mol. The van der Waals surface area contributed by atoms with Gasteiger partial charge >= 0.3 is 5.97 Å². The number of piperazine rings is 1. The number of thiocarbonyl (C=S) groups is 1. The van der Waals surface area contributed by atoms with E-state index in [9.17, 15) is 4.79 Å². The first kappa shape index (κ1) is 12.2. The molecule has 3 aliphatic rings. The standard InChI is InChI=1S/C12H19N3O2S/c16-11(17)8-1-2-9(5-8)15-7-10-6-13-3-4-14(10)12(15)18/h8-10,13H,1-7H2,(H,16,17). The number of aliphatic carboxylic acids is 1. The van der Waals surface area contributed by atoms with Gasteiger partial charge in [-0.25, -0.2) is 0 Å². The van der Waals surface area contributed by atoms with E-state index in [2.05, 4.69) is 15.1 Å². The highest BCUT2D eigenvalue weighted by Gasteiger charge is 2.42. The van der Waals surface area contributed by atoms with Crippen molar-refractivity contribution < 1.29 is 9.90 Å². The van der Waals surface area contributed by atoms with E-state index in [4.69, 9.17) is 17.3 Å². The fourth-order valence-electron chi connectivity index (χ4n) is 3.42. The lowest BCUT2D eigenvalue weighted by molar-refractivity contribution is -0.141. The molecule has 2 aliphatic heterocycles. The Kier molecular flexibility index (Phi) is 3.15. The molecule has 18 heavy (non-hydrogen) atoms. The van der Waals surface area contributed by atoms with Gasteiger partial charge in [-0.05, 0) is 31.5 Å². The van der Waals surface area contributed by atoms with E-state index in [1.165, 1.54) is 0 Å². The Morgan fingerprint density at radius 3 is 2.83 bits per heavy atom. The molecule has 0 aromatic carbocycles. The summed E-state index contributed by atoms with van der Waals surface area (Å²) >= 11 is 5.56. The Labute approximate surface area is 112 Å². The summed E-state index contributed by atoms with van der Waals surface area (Å²) < 4.78 is 0. The smallest absolute Gasteiger partial charge is 0.306 e. The molecule has 1 saturated carbocycles. The number of rotatable bonds is 2. The van der Waals surface area contributed by atoms with E-state index in [-0.39, 0.29) is 5.92 Å². The lowest BCUT2D eigenvalue weighted by atomic mass is 10.1. The fourth-order valence-corrected chi connectivity index (χ4v) is 3.88. The van der Waals surface area contributed by atoms with Crippen molar-refractivity contribution in [3.8, 4) is 0 Å². The van der Waals surface area contributed by atoms with Gasteiger partial charge in [0.05, 0.1) is 12.0 Å². The maximum absolute atomic E-state index is 11.0. The topological polar surface area (TPSA) is 55.8 Å². The fraction of sp³-hybridized carbons (Fsp3) is 0.833. The van der Waals surface area contributed by atoms with Gasteiger partial charge in [0.1, 0.15) is 0 Å². The molecule has 2 N–H and O–H groups in total. The molecule has 2 heterocycles. The average Bonchev–Trinajstić information content (AvgIpc) is 2.95. The van der Waals surface area contributed by atoms with Crippen LogP contribution in [0.25, 0.3) is 0 Å². The predicted molar refractivity (Wildman–Crippen MR) is 71.4 cm³/mol. The largest absolute Gasteiger partial charge is 0.481 e. The number of hydrogen-bond donors (Lipinski definition) is 2. The summed E-state index contributed by atoms with van der Waals surface area (Å²) in [5, 5.41) is 13.4. The molecule has 0 radical (unpaired) electrons. The molecule has 1 aliphatic carbocycles. The molecule has 3 rings (SSSR count). The third kappa shape index (κ3) is 1.97. The van der Waals surface area contributed by atoms with E-state index >= 15 is 0 Å². The van der Waals surface area contributed by atoms with E-state index in [1.54, 1.807) is 0 Å². The number of fused-ring (bicyclic) bond motifs is 1. The number of nitrogens with zero attached hydrogens (tertiary/aromatic N) is 2. The lowest BCUT2D eigenvalue weighted by Crippen LogP contribution is -2.49. The first-order valence-electron chi connectivity index (χ1n) is 6.67. The zero-order valence-corrected chi connectivity index (χ0v) is 11.2. The lowest BCUT2D eigenvalue weighted by Gasteiger charge is -2.30. The highest BCUT2D eigenvalue weighted by atomic mass is 32.1. The summed E-state index contributed by atoms with van der Waals surface area (Å²) in [5.41, 5.74) is 0. The summed E-state index contributed by atoms with van der Waals surface area (Å²) in [7, 11) is 0. The molecule has 6 heteroatoms. The van der Waals surface area contributed by atoms with Crippen LogP contribution in [0.3, 0.4) is 0 Å². The van der Waals surface area contributed by atoms with Gasteiger partial charge in [0.25, 0.3) is 0 Å². The highest BCUT2D eigenvalue weighted by Crippen LogP contribution is 2.33. The van der Waals surface area contributed by atoms with Crippen molar-refractivity contribution >= 4 is 23.3 Å². The van der Waals surface area contributed by atoms with Crippen molar-refractivity contribution in [3.63, 3.8) is 0 Å². The quantitative estimate of drug-likeness (QED) is 0.694. The van der Waals surface area contributed by atoms with Crippen LogP contribution in [0.5, 0.6) is 0 Å². The Bertz CT molecular complexity index is 376. The summed E-state index contributed by atoms with van der Waals surface area (Å²) in [4.78, 5) is 15.6. The van der Waals surface area contributed by atoms with Crippen LogP contribution in [0.1, 0.15) is 19.3 Å². The second-order valence-electron chi connectivity index (χ2n) is 5.49. The van der Waals surface area contributed by atoms with Gasteiger partial charge in [0.2, 0.25) is 0 Å². The van der Waals surface area contributed by atoms with Crippen LogP contribution < -0.4 is 5.32 Å². The molecule has 0 aromatic rings. The number of carboxylic acid groups (broad SMARTS) is 1. The first-order valence-corrected chi connectivity index (χ1v) is 7.08. The first-order chi connectivity index (χ1) is 8.66. The summed E-state index contributed by atoms with van der Waals surface area (Å²) in [6.07, 6.45) is 2.51. The third-order valence-electron chi connectivity index (χ3n) is 4.44. The van der Waals surface area contributed by atoms with Gasteiger partial charge in [-0.3, -0.25) is 4.79 Å². The van der Waals surface area contributed by atoms with Crippen LogP contribution in [0.15, 0.2) is 0 Å². The number of hydrogen-bond acceptors (Lipinski definition) is 3. The van der Waals surface area contributed by atoms with Gasteiger partial charge < -0.3 is 20.2 Å². The summed E-state index contributed by atoms with van der Waals surface area (Å²) in [6.45, 7) is 3.93. The molecule has 0 spiro atoms. The maximum atomic E-state index is 11.0. The Hall–Kier alpha value is -0.880. The molecule has 0 bridgehead atoms. The number of carbonyl (C=O) groups is 1. The van der Waals surface area contributed by atoms with Crippen LogP contribution >= 0.6 is 12.2 Å². The summed E-state index contributed by atoms with van der Waals surface area (Å²) in [5.74, 6) is -0.824. The van der Waals surface area contributed by atoms with Crippen LogP contribution in [-0.2, 0) is 4.79 Å². The highest BCUT2D eigenvalue weighted by molar-refractivity contribution is 7.80. The van der Waals surface area contributed by atoms with Gasteiger partial charge in [-0.1, -0.05) is 0 Å². The molecule has 0 amide bonds. The van der Waals surface area contributed by atoms with Crippen molar-refractivity contribution in [2.75, 3.05) is 26.2 Å². The molecular weight excluding hydrogens is 250 g/mol. The maximum Gasteiger partial charge on any atom is 0.306 e. The van der Waals surface area contributed by atoms with Crippen LogP contribution in [0.2, 0.25) is 0 Å². The minimum absolute atomic E-state index is 0.173. The number of carboxylic acids is 1. The van der Waals surface area contributed by atoms with E-state index in [0.717, 1.165) is 50.6 Å². The second-order valence-corrected chi connectivity index (χ2v) is 5.85. The van der Waals surface area contributed by atoms with Gasteiger partial charge in [-0.2, -0.15) is 0 Å². The van der Waals surface area contributed by atoms with Crippen molar-refractivity contribution in [2.45, 2.75) is 31.3 Å². The van der Waals surface area contributed by atoms with Gasteiger partial charge in [0.15, 0.2) is 5.11 Å².